The molecule has 4 nitrogen and oxygen atoms in total. The van der Waals surface area contributed by atoms with Crippen molar-refractivity contribution in [3.63, 3.8) is 0 Å². The predicted molar refractivity (Wildman–Crippen MR) is 109 cm³/mol. The molecule has 150 valence electrons. The van der Waals surface area contributed by atoms with E-state index in [9.17, 15) is 8.78 Å². The largest absolute Gasteiger partial charge is 0.369 e. The van der Waals surface area contributed by atoms with Crippen LogP contribution in [0.1, 0.15) is 35.6 Å². The molecule has 6 heteroatoms. The van der Waals surface area contributed by atoms with Crippen LogP contribution in [-0.4, -0.2) is 34.3 Å². The number of hydrogen-bond donors (Lipinski definition) is 1. The maximum Gasteiger partial charge on any atom is 0.151 e. The molecule has 3 heterocycles. The molecule has 29 heavy (non-hydrogen) atoms. The van der Waals surface area contributed by atoms with Gasteiger partial charge >= 0.3 is 0 Å². The Hall–Kier alpha value is -2.73. The van der Waals surface area contributed by atoms with Crippen molar-refractivity contribution >= 4 is 5.82 Å². The quantitative estimate of drug-likeness (QED) is 0.707. The number of hydrogen-bond acceptors (Lipinski definition) is 3. The third kappa shape index (κ3) is 3.53. The zero-order chi connectivity index (χ0) is 19.8. The molecule has 0 bridgehead atoms. The first-order valence-corrected chi connectivity index (χ1v) is 10.3. The molecule has 0 aliphatic carbocycles. The molecule has 1 aromatic heterocycles. The summed E-state index contributed by atoms with van der Waals surface area (Å²) in [6.07, 6.45) is 2.99. The van der Waals surface area contributed by atoms with Gasteiger partial charge in [-0.1, -0.05) is 30.3 Å². The number of aromatic nitrogens is 2. The molecule has 0 amide bonds. The van der Waals surface area contributed by atoms with E-state index < -0.39 is 11.6 Å². The minimum Gasteiger partial charge on any atom is -0.369 e. The van der Waals surface area contributed by atoms with Gasteiger partial charge in [-0.3, -0.25) is 4.90 Å². The van der Waals surface area contributed by atoms with Crippen LogP contribution in [-0.2, 0) is 13.0 Å². The van der Waals surface area contributed by atoms with Crippen LogP contribution in [0.25, 0.3) is 5.69 Å². The van der Waals surface area contributed by atoms with Gasteiger partial charge in [0.05, 0.1) is 5.69 Å². The summed E-state index contributed by atoms with van der Waals surface area (Å²) in [7, 11) is 0. The lowest BCUT2D eigenvalue weighted by Crippen LogP contribution is -2.32. The predicted octanol–water partition coefficient (Wildman–Crippen LogP) is 4.50. The Labute approximate surface area is 169 Å². The number of piperidine rings is 1. The summed E-state index contributed by atoms with van der Waals surface area (Å²) in [5.74, 6) is 0.0694. The van der Waals surface area contributed by atoms with Crippen LogP contribution in [0.5, 0.6) is 0 Å². The number of benzene rings is 2. The normalized spacial score (nSPS) is 17.3. The van der Waals surface area contributed by atoms with Gasteiger partial charge in [-0.25, -0.2) is 13.5 Å². The maximum atomic E-state index is 14.4. The third-order valence-corrected chi connectivity index (χ3v) is 6.04. The molecule has 0 saturated carbocycles. The number of halogens is 2. The second kappa shape index (κ2) is 7.59. The van der Waals surface area contributed by atoms with Crippen molar-refractivity contribution in [2.24, 2.45) is 0 Å². The monoisotopic (exact) mass is 394 g/mol. The fourth-order valence-electron chi connectivity index (χ4n) is 4.56. The highest BCUT2D eigenvalue weighted by atomic mass is 19.1. The lowest BCUT2D eigenvalue weighted by Gasteiger charge is -2.31. The topological polar surface area (TPSA) is 33.1 Å². The summed E-state index contributed by atoms with van der Waals surface area (Å²) in [6, 6.07) is 14.2. The van der Waals surface area contributed by atoms with Crippen molar-refractivity contribution in [3.8, 4) is 5.69 Å². The van der Waals surface area contributed by atoms with Crippen LogP contribution in [0.15, 0.2) is 48.5 Å². The second-order valence-electron chi connectivity index (χ2n) is 7.93. The smallest absolute Gasteiger partial charge is 0.151 e. The number of anilines is 1. The summed E-state index contributed by atoms with van der Waals surface area (Å²) >= 11 is 0. The molecule has 0 unspecified atom stereocenters. The van der Waals surface area contributed by atoms with E-state index in [4.69, 9.17) is 5.10 Å². The van der Waals surface area contributed by atoms with Crippen LogP contribution in [0.3, 0.4) is 0 Å². The molecule has 1 fully saturated rings. The molecular formula is C23H24F2N4. The van der Waals surface area contributed by atoms with Gasteiger partial charge < -0.3 is 5.32 Å². The van der Waals surface area contributed by atoms with Crippen molar-refractivity contribution in [1.29, 1.82) is 0 Å². The molecule has 2 aromatic carbocycles. The van der Waals surface area contributed by atoms with Gasteiger partial charge in [-0.05, 0) is 50.0 Å². The Morgan fingerprint density at radius 3 is 2.59 bits per heavy atom. The zero-order valence-corrected chi connectivity index (χ0v) is 16.2. The van der Waals surface area contributed by atoms with Crippen molar-refractivity contribution in [2.45, 2.75) is 31.7 Å². The van der Waals surface area contributed by atoms with Crippen molar-refractivity contribution in [1.82, 2.24) is 14.7 Å². The summed E-state index contributed by atoms with van der Waals surface area (Å²) in [6.45, 7) is 3.86. The van der Waals surface area contributed by atoms with E-state index in [-0.39, 0.29) is 0 Å². The second-order valence-corrected chi connectivity index (χ2v) is 7.93. The molecular weight excluding hydrogens is 370 g/mol. The molecule has 0 spiro atoms. The van der Waals surface area contributed by atoms with Gasteiger partial charge in [0.1, 0.15) is 17.3 Å². The number of nitrogens with zero attached hydrogens (tertiary/aromatic N) is 3. The Morgan fingerprint density at radius 2 is 1.83 bits per heavy atom. The molecule has 0 atom stereocenters. The van der Waals surface area contributed by atoms with Crippen LogP contribution in [0.2, 0.25) is 0 Å². The fourth-order valence-corrected chi connectivity index (χ4v) is 4.56. The van der Waals surface area contributed by atoms with Crippen molar-refractivity contribution in [2.75, 3.05) is 25.0 Å². The first-order valence-electron chi connectivity index (χ1n) is 10.3. The van der Waals surface area contributed by atoms with E-state index in [0.717, 1.165) is 63.0 Å². The van der Waals surface area contributed by atoms with E-state index in [1.54, 1.807) is 4.68 Å². The van der Waals surface area contributed by atoms with E-state index in [2.05, 4.69) is 34.5 Å². The third-order valence-electron chi connectivity index (χ3n) is 6.04. The van der Waals surface area contributed by atoms with Crippen LogP contribution in [0, 0.1) is 11.6 Å². The Kier molecular flexibility index (Phi) is 4.79. The summed E-state index contributed by atoms with van der Waals surface area (Å²) in [4.78, 5) is 2.49. The molecule has 5 rings (SSSR count). The van der Waals surface area contributed by atoms with Crippen LogP contribution < -0.4 is 5.32 Å². The summed E-state index contributed by atoms with van der Waals surface area (Å²) in [5.41, 5.74) is 3.90. The lowest BCUT2D eigenvalue weighted by atomic mass is 9.90. The summed E-state index contributed by atoms with van der Waals surface area (Å²) in [5, 5.41) is 8.14. The van der Waals surface area contributed by atoms with Gasteiger partial charge in [0, 0.05) is 30.6 Å². The van der Waals surface area contributed by atoms with Gasteiger partial charge in [0.25, 0.3) is 0 Å². The molecule has 0 radical (unpaired) electrons. The molecule has 2 aliphatic heterocycles. The van der Waals surface area contributed by atoms with E-state index in [1.807, 2.05) is 6.07 Å². The van der Waals surface area contributed by atoms with E-state index >= 15 is 0 Å². The molecule has 1 saturated heterocycles. The van der Waals surface area contributed by atoms with Gasteiger partial charge in [-0.2, -0.15) is 5.10 Å². The number of fused-ring (bicyclic) bond motifs is 1. The SMILES string of the molecule is Fc1ccc(-n2nc(C3CCN(Cc4ccccc4)CC3)c3c2NCC3)c(F)c1. The minimum atomic E-state index is -0.590. The first kappa shape index (κ1) is 18.3. The highest BCUT2D eigenvalue weighted by Crippen LogP contribution is 2.37. The number of nitrogens with one attached hydrogen (secondary N) is 1. The maximum absolute atomic E-state index is 14.4. The van der Waals surface area contributed by atoms with Gasteiger partial charge in [0.2, 0.25) is 0 Å². The molecule has 2 aliphatic rings. The Morgan fingerprint density at radius 1 is 1.03 bits per heavy atom. The lowest BCUT2D eigenvalue weighted by molar-refractivity contribution is 0.203. The Balaban J connectivity index is 1.36. The van der Waals surface area contributed by atoms with E-state index in [1.165, 1.54) is 23.3 Å². The van der Waals surface area contributed by atoms with Crippen molar-refractivity contribution in [3.05, 3.63) is 77.0 Å². The average molecular weight is 394 g/mol. The number of likely N-dealkylation sites (tertiary alicyclic amines) is 1. The van der Waals surface area contributed by atoms with Crippen LogP contribution >= 0.6 is 0 Å². The highest BCUT2D eigenvalue weighted by molar-refractivity contribution is 5.58. The first-order chi connectivity index (χ1) is 14.2. The highest BCUT2D eigenvalue weighted by Gasteiger charge is 2.30. The van der Waals surface area contributed by atoms with E-state index in [0.29, 0.717) is 11.6 Å². The van der Waals surface area contributed by atoms with Crippen LogP contribution in [0.4, 0.5) is 14.6 Å². The minimum absolute atomic E-state index is 0.296. The fraction of sp³-hybridized carbons (Fsp3) is 0.348. The number of rotatable bonds is 4. The zero-order valence-electron chi connectivity index (χ0n) is 16.2. The Bertz CT molecular complexity index is 1010. The molecule has 1 N–H and O–H groups in total. The molecule has 3 aromatic rings. The van der Waals surface area contributed by atoms with Crippen molar-refractivity contribution < 1.29 is 8.78 Å². The van der Waals surface area contributed by atoms with Gasteiger partial charge in [-0.15, -0.1) is 0 Å². The average Bonchev–Trinajstić information content (AvgIpc) is 3.33. The standard InChI is InChI=1S/C23H24F2N4/c24-18-6-7-21(20(25)14-18)29-23-19(8-11-26-23)22(27-29)17-9-12-28(13-10-17)15-16-4-2-1-3-5-16/h1-7,14,17,26H,8-13,15H2. The summed E-state index contributed by atoms with van der Waals surface area (Å²) < 4.78 is 29.3. The van der Waals surface area contributed by atoms with Gasteiger partial charge in [0.15, 0.2) is 5.82 Å².